The van der Waals surface area contributed by atoms with E-state index in [-0.39, 0.29) is 17.5 Å². The minimum Gasteiger partial charge on any atom is -0.493 e. The Labute approximate surface area is 157 Å². The number of nitrogens with zero attached hydrogens (tertiary/aromatic N) is 1. The molecule has 0 aromatic heterocycles. The topological polar surface area (TPSA) is 71.3 Å². The van der Waals surface area contributed by atoms with E-state index in [0.717, 1.165) is 23.7 Å². The molecule has 25 heavy (non-hydrogen) atoms. The number of rotatable bonds is 5. The zero-order valence-corrected chi connectivity index (χ0v) is 16.4. The second kappa shape index (κ2) is 8.91. The number of carbonyl (C=O) groups is 1. The van der Waals surface area contributed by atoms with Crippen molar-refractivity contribution >= 4 is 27.9 Å². The average molecular weight is 407 g/mol. The molecular formula is C19H23BrN2O3. The van der Waals surface area contributed by atoms with Crippen molar-refractivity contribution in [1.29, 1.82) is 5.26 Å². The van der Waals surface area contributed by atoms with Gasteiger partial charge in [-0.2, -0.15) is 5.26 Å². The second-order valence-electron chi connectivity index (χ2n) is 6.24. The van der Waals surface area contributed by atoms with Crippen LogP contribution in [0.25, 0.3) is 6.08 Å². The first-order valence-corrected chi connectivity index (χ1v) is 9.13. The molecule has 2 atom stereocenters. The summed E-state index contributed by atoms with van der Waals surface area (Å²) in [7, 11) is 3.10. The highest BCUT2D eigenvalue weighted by Gasteiger charge is 2.24. The molecule has 1 aromatic rings. The van der Waals surface area contributed by atoms with Crippen LogP contribution in [0.3, 0.4) is 0 Å². The Bertz CT molecular complexity index is 709. The zero-order valence-electron chi connectivity index (χ0n) is 14.8. The summed E-state index contributed by atoms with van der Waals surface area (Å²) in [4.78, 5) is 12.5. The molecule has 0 bridgehead atoms. The molecule has 2 rings (SSSR count). The number of methoxy groups -OCH3 is 2. The van der Waals surface area contributed by atoms with Crippen molar-refractivity contribution in [2.45, 2.75) is 38.6 Å². The van der Waals surface area contributed by atoms with Gasteiger partial charge in [0.15, 0.2) is 11.5 Å². The Morgan fingerprint density at radius 1 is 1.28 bits per heavy atom. The van der Waals surface area contributed by atoms with E-state index < -0.39 is 0 Å². The summed E-state index contributed by atoms with van der Waals surface area (Å²) in [5.41, 5.74) is 0.756. The predicted octanol–water partition coefficient (Wildman–Crippen LogP) is 4.07. The number of halogens is 1. The molecule has 6 heteroatoms. The molecule has 0 aliphatic heterocycles. The Balaban J connectivity index is 2.24. The maximum absolute atomic E-state index is 12.5. The van der Waals surface area contributed by atoms with Crippen LogP contribution in [0.15, 0.2) is 22.2 Å². The fraction of sp³-hybridized carbons (Fsp3) is 0.474. The second-order valence-corrected chi connectivity index (χ2v) is 7.09. The molecule has 1 aliphatic carbocycles. The van der Waals surface area contributed by atoms with Crippen molar-refractivity contribution in [3.8, 4) is 17.6 Å². The monoisotopic (exact) mass is 406 g/mol. The largest absolute Gasteiger partial charge is 0.493 e. The minimum absolute atomic E-state index is 0.0747. The molecule has 1 fully saturated rings. The van der Waals surface area contributed by atoms with Crippen LogP contribution in [0.4, 0.5) is 0 Å². The van der Waals surface area contributed by atoms with E-state index >= 15 is 0 Å². The van der Waals surface area contributed by atoms with Gasteiger partial charge in [0, 0.05) is 10.5 Å². The summed E-state index contributed by atoms with van der Waals surface area (Å²) >= 11 is 3.44. The number of benzene rings is 1. The van der Waals surface area contributed by atoms with Crippen LogP contribution in [-0.4, -0.2) is 26.2 Å². The molecule has 2 unspecified atom stereocenters. The Kier molecular flexibility index (Phi) is 6.89. The van der Waals surface area contributed by atoms with Gasteiger partial charge in [0.1, 0.15) is 11.6 Å². The van der Waals surface area contributed by atoms with E-state index in [9.17, 15) is 10.1 Å². The number of nitrogens with one attached hydrogen (secondary N) is 1. The van der Waals surface area contributed by atoms with E-state index in [2.05, 4.69) is 28.2 Å². The van der Waals surface area contributed by atoms with Crippen LogP contribution in [0.5, 0.6) is 11.5 Å². The summed E-state index contributed by atoms with van der Waals surface area (Å²) in [6, 6.07) is 5.62. The fourth-order valence-electron chi connectivity index (χ4n) is 3.06. The third-order valence-electron chi connectivity index (χ3n) is 4.60. The number of hydrogen-bond donors (Lipinski definition) is 1. The van der Waals surface area contributed by atoms with Crippen LogP contribution < -0.4 is 14.8 Å². The zero-order chi connectivity index (χ0) is 18.4. The number of nitriles is 1. The van der Waals surface area contributed by atoms with Gasteiger partial charge in [-0.25, -0.2) is 0 Å². The van der Waals surface area contributed by atoms with Gasteiger partial charge in [-0.3, -0.25) is 4.79 Å². The minimum atomic E-state index is -0.331. The summed E-state index contributed by atoms with van der Waals surface area (Å²) in [5.74, 6) is 1.22. The van der Waals surface area contributed by atoms with E-state index in [4.69, 9.17) is 9.47 Å². The quantitative estimate of drug-likeness (QED) is 0.590. The first-order chi connectivity index (χ1) is 12.0. The Hall–Kier alpha value is -2.00. The SMILES string of the molecule is COc1cc(Br)c(C=C(C#N)C(=O)NC2CCCCC2C)cc1OC. The van der Waals surface area contributed by atoms with Gasteiger partial charge in [0.05, 0.1) is 14.2 Å². The lowest BCUT2D eigenvalue weighted by Crippen LogP contribution is -2.41. The summed E-state index contributed by atoms with van der Waals surface area (Å²) in [5, 5.41) is 12.4. The molecule has 1 saturated carbocycles. The van der Waals surface area contributed by atoms with Gasteiger partial charge < -0.3 is 14.8 Å². The molecule has 0 spiro atoms. The molecule has 1 aromatic carbocycles. The van der Waals surface area contributed by atoms with Gasteiger partial charge in [0.2, 0.25) is 0 Å². The van der Waals surface area contributed by atoms with Crippen molar-refractivity contribution in [2.75, 3.05) is 14.2 Å². The third kappa shape index (κ3) is 4.76. The van der Waals surface area contributed by atoms with Crippen LogP contribution in [0, 0.1) is 17.2 Å². The molecule has 0 radical (unpaired) electrons. The highest BCUT2D eigenvalue weighted by molar-refractivity contribution is 9.10. The summed E-state index contributed by atoms with van der Waals surface area (Å²) < 4.78 is 11.2. The number of ether oxygens (including phenoxy) is 2. The molecular weight excluding hydrogens is 384 g/mol. The third-order valence-corrected chi connectivity index (χ3v) is 5.28. The summed E-state index contributed by atoms with van der Waals surface area (Å²) in [6.45, 7) is 2.14. The van der Waals surface area contributed by atoms with Gasteiger partial charge >= 0.3 is 0 Å². The highest BCUT2D eigenvalue weighted by Crippen LogP contribution is 2.34. The highest BCUT2D eigenvalue weighted by atomic mass is 79.9. The lowest BCUT2D eigenvalue weighted by molar-refractivity contribution is -0.118. The maximum atomic E-state index is 12.5. The number of carbonyl (C=O) groups excluding carboxylic acids is 1. The molecule has 0 heterocycles. The van der Waals surface area contributed by atoms with Crippen LogP contribution in [-0.2, 0) is 4.79 Å². The van der Waals surface area contributed by atoms with E-state index in [1.165, 1.54) is 6.42 Å². The maximum Gasteiger partial charge on any atom is 0.262 e. The van der Waals surface area contributed by atoms with E-state index in [1.807, 2.05) is 6.07 Å². The average Bonchev–Trinajstić information content (AvgIpc) is 2.62. The predicted molar refractivity (Wildman–Crippen MR) is 100 cm³/mol. The van der Waals surface area contributed by atoms with Crippen LogP contribution in [0.2, 0.25) is 0 Å². The normalized spacial score (nSPS) is 20.5. The smallest absolute Gasteiger partial charge is 0.262 e. The van der Waals surface area contributed by atoms with Crippen LogP contribution in [0.1, 0.15) is 38.2 Å². The first kappa shape index (κ1) is 19.3. The molecule has 134 valence electrons. The molecule has 1 aliphatic rings. The van der Waals surface area contributed by atoms with Gasteiger partial charge in [0.25, 0.3) is 5.91 Å². The van der Waals surface area contributed by atoms with Gasteiger partial charge in [-0.05, 0) is 42.5 Å². The van der Waals surface area contributed by atoms with Crippen molar-refractivity contribution in [2.24, 2.45) is 5.92 Å². The van der Waals surface area contributed by atoms with Gasteiger partial charge in [-0.1, -0.05) is 35.7 Å². The van der Waals surface area contributed by atoms with E-state index in [0.29, 0.717) is 23.0 Å². The number of amides is 1. The Morgan fingerprint density at radius 2 is 1.92 bits per heavy atom. The first-order valence-electron chi connectivity index (χ1n) is 8.34. The lowest BCUT2D eigenvalue weighted by atomic mass is 9.86. The molecule has 1 N–H and O–H groups in total. The summed E-state index contributed by atoms with van der Waals surface area (Å²) in [6.07, 6.45) is 5.95. The van der Waals surface area contributed by atoms with Gasteiger partial charge in [-0.15, -0.1) is 0 Å². The van der Waals surface area contributed by atoms with Crippen LogP contribution >= 0.6 is 15.9 Å². The van der Waals surface area contributed by atoms with Crippen molar-refractivity contribution < 1.29 is 14.3 Å². The van der Waals surface area contributed by atoms with Crippen molar-refractivity contribution in [3.63, 3.8) is 0 Å². The lowest BCUT2D eigenvalue weighted by Gasteiger charge is -2.29. The number of hydrogen-bond acceptors (Lipinski definition) is 4. The standard InChI is InChI=1S/C19H23BrN2O3/c1-12-6-4-5-7-16(12)22-19(23)14(11-21)8-13-9-17(24-2)18(25-3)10-15(13)20/h8-10,12,16H,4-7H2,1-3H3,(H,22,23). The molecule has 0 saturated heterocycles. The van der Waals surface area contributed by atoms with E-state index in [1.54, 1.807) is 32.4 Å². The Morgan fingerprint density at radius 3 is 2.52 bits per heavy atom. The fourth-order valence-corrected chi connectivity index (χ4v) is 3.50. The van der Waals surface area contributed by atoms with Crippen molar-refractivity contribution in [1.82, 2.24) is 5.32 Å². The molecule has 5 nitrogen and oxygen atoms in total. The molecule has 1 amide bonds. The van der Waals surface area contributed by atoms with Crippen molar-refractivity contribution in [3.05, 3.63) is 27.7 Å².